The van der Waals surface area contributed by atoms with Crippen LogP contribution in [0.15, 0.2) is 140 Å². The summed E-state index contributed by atoms with van der Waals surface area (Å²) in [4.78, 5) is 4.32. The van der Waals surface area contributed by atoms with Crippen LogP contribution in [-0.2, 0) is 0 Å². The van der Waals surface area contributed by atoms with Crippen molar-refractivity contribution in [2.24, 2.45) is 0 Å². The van der Waals surface area contributed by atoms with Gasteiger partial charge in [-0.1, -0.05) is 116 Å². The van der Waals surface area contributed by atoms with Crippen molar-refractivity contribution in [1.29, 1.82) is 0 Å². The van der Waals surface area contributed by atoms with E-state index in [1.54, 1.807) is 0 Å². The quantitative estimate of drug-likeness (QED) is 0.251. The third kappa shape index (κ3) is 3.59. The normalized spacial score (nSPS) is 15.0. The molecule has 1 atom stereocenters. The summed E-state index contributed by atoms with van der Waals surface area (Å²) in [6.45, 7) is 4.60. The fourth-order valence-corrected chi connectivity index (χ4v) is 5.77. The van der Waals surface area contributed by atoms with Crippen LogP contribution >= 0.6 is 0 Å². The van der Waals surface area contributed by atoms with Crippen LogP contribution in [0.5, 0.6) is 0 Å². The van der Waals surface area contributed by atoms with Gasteiger partial charge in [-0.15, -0.1) is 0 Å². The Labute approximate surface area is 217 Å². The van der Waals surface area contributed by atoms with Gasteiger partial charge >= 0.3 is 0 Å². The van der Waals surface area contributed by atoms with E-state index in [-0.39, 0.29) is 5.92 Å². The van der Waals surface area contributed by atoms with E-state index in [2.05, 4.69) is 133 Å². The number of benzene rings is 5. The molecule has 1 heterocycles. The molecule has 0 bridgehead atoms. The molecule has 1 aliphatic rings. The Morgan fingerprint density at radius 3 is 2.30 bits per heavy atom. The Morgan fingerprint density at radius 2 is 1.38 bits per heavy atom. The maximum atomic E-state index is 4.60. The fraction of sp³-hybridized carbons (Fsp3) is 0.0278. The van der Waals surface area contributed by atoms with E-state index in [9.17, 15) is 0 Å². The van der Waals surface area contributed by atoms with Gasteiger partial charge in [-0.25, -0.2) is 0 Å². The molecule has 174 valence electrons. The van der Waals surface area contributed by atoms with Crippen molar-refractivity contribution in [2.45, 2.75) is 5.92 Å². The number of nitrogens with zero attached hydrogens (tertiary/aromatic N) is 1. The molecule has 0 aliphatic heterocycles. The number of pyridine rings is 1. The SMILES string of the molecule is C=C1c2ccc3ccccc3c2C(c2cccc(-c3cccc4cnccc34)c2)=CC1c1ccccc1. The van der Waals surface area contributed by atoms with E-state index in [1.807, 2.05) is 12.4 Å². The minimum atomic E-state index is 0.122. The molecule has 0 amide bonds. The molecular weight excluding hydrogens is 446 g/mol. The summed E-state index contributed by atoms with van der Waals surface area (Å²) < 4.78 is 0. The van der Waals surface area contributed by atoms with Crippen molar-refractivity contribution >= 4 is 32.7 Å². The first-order valence-electron chi connectivity index (χ1n) is 12.7. The summed E-state index contributed by atoms with van der Waals surface area (Å²) in [6, 6.07) is 41.4. The van der Waals surface area contributed by atoms with Gasteiger partial charge in [-0.3, -0.25) is 4.98 Å². The van der Waals surface area contributed by atoms with Gasteiger partial charge in [0.1, 0.15) is 0 Å². The summed E-state index contributed by atoms with van der Waals surface area (Å²) in [6.07, 6.45) is 6.22. The second-order valence-electron chi connectivity index (χ2n) is 9.69. The van der Waals surface area contributed by atoms with Crippen molar-refractivity contribution < 1.29 is 0 Å². The maximum Gasteiger partial charge on any atom is 0.0346 e. The van der Waals surface area contributed by atoms with Crippen LogP contribution in [0.1, 0.15) is 28.2 Å². The second-order valence-corrected chi connectivity index (χ2v) is 9.69. The summed E-state index contributed by atoms with van der Waals surface area (Å²) >= 11 is 0. The monoisotopic (exact) mass is 471 g/mol. The molecule has 37 heavy (non-hydrogen) atoms. The predicted molar refractivity (Wildman–Crippen MR) is 156 cm³/mol. The summed E-state index contributed by atoms with van der Waals surface area (Å²) in [5.41, 5.74) is 9.82. The van der Waals surface area contributed by atoms with Gasteiger partial charge in [0.05, 0.1) is 0 Å². The van der Waals surface area contributed by atoms with Crippen LogP contribution in [0.25, 0.3) is 43.8 Å². The Bertz CT molecular complexity index is 1840. The van der Waals surface area contributed by atoms with Crippen LogP contribution in [0.4, 0.5) is 0 Å². The first kappa shape index (κ1) is 21.5. The standard InChI is InChI=1S/C36H25N/c1-24-30-18-17-26-11-5-6-15-33(26)36(30)35(22-34(24)25-9-3-2-4-10-25)28-13-7-12-27(21-28)31-16-8-14-29-23-37-20-19-32(29)31/h2-23,34H,1H2. The van der Waals surface area contributed by atoms with Crippen LogP contribution in [0.2, 0.25) is 0 Å². The molecule has 1 heteroatoms. The zero-order chi connectivity index (χ0) is 24.8. The van der Waals surface area contributed by atoms with Crippen LogP contribution in [0.3, 0.4) is 0 Å². The molecule has 1 nitrogen and oxygen atoms in total. The molecule has 1 aromatic heterocycles. The predicted octanol–water partition coefficient (Wildman–Crippen LogP) is 9.30. The lowest BCUT2D eigenvalue weighted by atomic mass is 9.74. The van der Waals surface area contributed by atoms with Gasteiger partial charge in [0.15, 0.2) is 0 Å². The Balaban J connectivity index is 1.48. The van der Waals surface area contributed by atoms with Crippen molar-refractivity contribution in [1.82, 2.24) is 4.98 Å². The maximum absolute atomic E-state index is 4.60. The lowest BCUT2D eigenvalue weighted by Crippen LogP contribution is -2.09. The van der Waals surface area contributed by atoms with Crippen LogP contribution < -0.4 is 0 Å². The molecular formula is C36H25N. The number of hydrogen-bond acceptors (Lipinski definition) is 1. The molecule has 1 unspecified atom stereocenters. The topological polar surface area (TPSA) is 12.9 Å². The van der Waals surface area contributed by atoms with E-state index in [0.717, 1.165) is 11.0 Å². The zero-order valence-corrected chi connectivity index (χ0v) is 20.4. The molecule has 1 aliphatic carbocycles. The van der Waals surface area contributed by atoms with Crippen molar-refractivity contribution in [2.75, 3.05) is 0 Å². The Morgan fingerprint density at radius 1 is 0.595 bits per heavy atom. The van der Waals surface area contributed by atoms with E-state index < -0.39 is 0 Å². The first-order chi connectivity index (χ1) is 18.3. The molecule has 0 fully saturated rings. The average Bonchev–Trinajstić information content (AvgIpc) is 2.97. The van der Waals surface area contributed by atoms with Gasteiger partial charge < -0.3 is 0 Å². The smallest absolute Gasteiger partial charge is 0.0346 e. The molecule has 0 saturated heterocycles. The fourth-order valence-electron chi connectivity index (χ4n) is 5.77. The first-order valence-corrected chi connectivity index (χ1v) is 12.7. The number of aromatic nitrogens is 1. The number of hydrogen-bond donors (Lipinski definition) is 0. The molecule has 0 radical (unpaired) electrons. The Kier molecular flexibility index (Phi) is 5.08. The highest BCUT2D eigenvalue weighted by atomic mass is 14.6. The molecule has 5 aromatic carbocycles. The largest absolute Gasteiger partial charge is 0.264 e. The van der Waals surface area contributed by atoms with Gasteiger partial charge in [-0.2, -0.15) is 0 Å². The third-order valence-electron chi connectivity index (χ3n) is 7.58. The summed E-state index contributed by atoms with van der Waals surface area (Å²) in [5, 5.41) is 4.88. The lowest BCUT2D eigenvalue weighted by Gasteiger charge is -2.29. The van der Waals surface area contributed by atoms with E-state index >= 15 is 0 Å². The minimum Gasteiger partial charge on any atom is -0.264 e. The van der Waals surface area contributed by atoms with Gasteiger partial charge in [0.25, 0.3) is 0 Å². The number of allylic oxidation sites excluding steroid dienone is 2. The van der Waals surface area contributed by atoms with Crippen LogP contribution in [0, 0.1) is 0 Å². The lowest BCUT2D eigenvalue weighted by molar-refractivity contribution is 1.09. The highest BCUT2D eigenvalue weighted by molar-refractivity contribution is 6.06. The number of fused-ring (bicyclic) bond motifs is 4. The number of rotatable bonds is 3. The van der Waals surface area contributed by atoms with E-state index in [4.69, 9.17) is 0 Å². The van der Waals surface area contributed by atoms with Gasteiger partial charge in [0, 0.05) is 23.7 Å². The molecule has 7 rings (SSSR count). The molecule has 6 aromatic rings. The van der Waals surface area contributed by atoms with Gasteiger partial charge in [0.2, 0.25) is 0 Å². The summed E-state index contributed by atoms with van der Waals surface area (Å²) in [7, 11) is 0. The van der Waals surface area contributed by atoms with Crippen molar-refractivity contribution in [3.63, 3.8) is 0 Å². The third-order valence-corrected chi connectivity index (χ3v) is 7.58. The van der Waals surface area contributed by atoms with Crippen LogP contribution in [-0.4, -0.2) is 4.98 Å². The van der Waals surface area contributed by atoms with E-state index in [1.165, 1.54) is 55.1 Å². The minimum absolute atomic E-state index is 0.122. The van der Waals surface area contributed by atoms with Crippen molar-refractivity contribution in [3.8, 4) is 11.1 Å². The second kappa shape index (κ2) is 8.72. The van der Waals surface area contributed by atoms with Crippen molar-refractivity contribution in [3.05, 3.63) is 163 Å². The zero-order valence-electron chi connectivity index (χ0n) is 20.4. The molecule has 0 saturated carbocycles. The van der Waals surface area contributed by atoms with Gasteiger partial charge in [-0.05, 0) is 72.8 Å². The summed E-state index contributed by atoms with van der Waals surface area (Å²) in [5.74, 6) is 0.122. The highest BCUT2D eigenvalue weighted by Gasteiger charge is 2.26. The van der Waals surface area contributed by atoms with E-state index in [0.29, 0.717) is 0 Å². The molecule has 0 spiro atoms. The Hall–Kier alpha value is -4.75. The highest BCUT2D eigenvalue weighted by Crippen LogP contribution is 2.47. The average molecular weight is 472 g/mol. The molecule has 0 N–H and O–H groups in total.